The maximum atomic E-state index is 14.1. The molecule has 0 unspecified atom stereocenters. The van der Waals surface area contributed by atoms with Crippen molar-refractivity contribution in [3.8, 4) is 11.5 Å². The number of carbonyl (C=O) groups is 2. The van der Waals surface area contributed by atoms with Gasteiger partial charge in [-0.1, -0.05) is 12.8 Å². The first-order chi connectivity index (χ1) is 20.0. The molecule has 2 saturated carbocycles. The van der Waals surface area contributed by atoms with E-state index in [2.05, 4.69) is 20.4 Å². The fraction of sp³-hybridized carbons (Fsp3) is 0.679. The molecule has 2 amide bonds. The van der Waals surface area contributed by atoms with Crippen molar-refractivity contribution in [1.82, 2.24) is 30.0 Å². The smallest absolute Gasteiger partial charge is 0.353 e. The number of piperidine rings is 1. The van der Waals surface area contributed by atoms with Gasteiger partial charge in [0.05, 0.1) is 18.2 Å². The topological polar surface area (TPSA) is 96.2 Å². The lowest BCUT2D eigenvalue weighted by molar-refractivity contribution is -0.137. The lowest BCUT2D eigenvalue weighted by Crippen LogP contribution is -2.47. The number of alkyl halides is 5. The molecule has 0 bridgehead atoms. The monoisotopic (exact) mass is 597 g/mol. The molecule has 1 saturated heterocycles. The number of nitrogens with one attached hydrogen (secondary N) is 1. The second kappa shape index (κ2) is 12.6. The van der Waals surface area contributed by atoms with E-state index in [1.165, 1.54) is 16.9 Å². The molecule has 0 aromatic carbocycles. The maximum absolute atomic E-state index is 14.1. The molecular formula is C28H36F5N7O2. The van der Waals surface area contributed by atoms with Gasteiger partial charge in [0.1, 0.15) is 5.69 Å². The van der Waals surface area contributed by atoms with Crippen LogP contribution in [0.4, 0.5) is 27.9 Å². The quantitative estimate of drug-likeness (QED) is 0.290. The predicted octanol–water partition coefficient (Wildman–Crippen LogP) is 4.99. The largest absolute Gasteiger partial charge is 0.418 e. The van der Waals surface area contributed by atoms with E-state index in [-0.39, 0.29) is 55.6 Å². The number of aromatic nitrogens is 4. The Morgan fingerprint density at radius 3 is 2.57 bits per heavy atom. The van der Waals surface area contributed by atoms with Crippen LogP contribution in [-0.4, -0.2) is 74.6 Å². The Bertz CT molecular complexity index is 1240. The van der Waals surface area contributed by atoms with Crippen LogP contribution in [-0.2, 0) is 15.8 Å². The Kier molecular flexibility index (Phi) is 9.09. The van der Waals surface area contributed by atoms with Gasteiger partial charge in [-0.2, -0.15) is 18.2 Å². The van der Waals surface area contributed by atoms with Crippen LogP contribution in [0.25, 0.3) is 11.5 Å². The van der Waals surface area contributed by atoms with E-state index in [0.29, 0.717) is 32.2 Å². The first-order valence-corrected chi connectivity index (χ1v) is 14.7. The standard InChI is InChI=1S/C28H36F5N7O2/c29-27(30)12-5-14-38(17-27)15-11-21(16-23(42)35-19-6-3-7-19)39(18-41)26-36-25(40(37-26)20-8-1-2-9-20)24-22(28(31,32)33)10-4-13-34-24/h4,10,13,18-21H,1-3,5-9,11-12,14-17H2,(H,35,42)/t21-/m0/s1. The number of hydrogen-bond donors (Lipinski definition) is 1. The van der Waals surface area contributed by atoms with Gasteiger partial charge in [0.2, 0.25) is 12.3 Å². The van der Waals surface area contributed by atoms with Gasteiger partial charge in [-0.3, -0.25) is 24.4 Å². The van der Waals surface area contributed by atoms with Crippen LogP contribution in [0.3, 0.4) is 0 Å². The summed E-state index contributed by atoms with van der Waals surface area (Å²) < 4.78 is 71.4. The van der Waals surface area contributed by atoms with Gasteiger partial charge in [0, 0.05) is 37.7 Å². The number of rotatable bonds is 11. The van der Waals surface area contributed by atoms with Crippen molar-refractivity contribution in [1.29, 1.82) is 0 Å². The number of likely N-dealkylation sites (tertiary alicyclic amines) is 1. The molecule has 1 aliphatic heterocycles. The number of halogens is 5. The summed E-state index contributed by atoms with van der Waals surface area (Å²) in [5.41, 5.74) is -1.36. The van der Waals surface area contributed by atoms with Crippen molar-refractivity contribution >= 4 is 18.3 Å². The Morgan fingerprint density at radius 1 is 1.17 bits per heavy atom. The molecule has 14 heteroatoms. The Labute approximate surface area is 240 Å². The average molecular weight is 598 g/mol. The molecule has 0 spiro atoms. The van der Waals surface area contributed by atoms with E-state index in [0.717, 1.165) is 43.1 Å². The van der Waals surface area contributed by atoms with E-state index in [9.17, 15) is 31.5 Å². The molecule has 230 valence electrons. The van der Waals surface area contributed by atoms with E-state index >= 15 is 0 Å². The van der Waals surface area contributed by atoms with E-state index < -0.39 is 35.9 Å². The number of amides is 2. The highest BCUT2D eigenvalue weighted by atomic mass is 19.4. The minimum atomic E-state index is -4.70. The first kappa shape index (κ1) is 30.3. The molecule has 1 atom stereocenters. The number of nitrogens with zero attached hydrogens (tertiary/aromatic N) is 6. The zero-order chi connectivity index (χ0) is 29.9. The molecule has 2 aromatic rings. The Morgan fingerprint density at radius 2 is 1.93 bits per heavy atom. The predicted molar refractivity (Wildman–Crippen MR) is 144 cm³/mol. The van der Waals surface area contributed by atoms with E-state index in [1.807, 2.05) is 0 Å². The fourth-order valence-corrected chi connectivity index (χ4v) is 6.06. The summed E-state index contributed by atoms with van der Waals surface area (Å²) in [7, 11) is 0. The van der Waals surface area contributed by atoms with Crippen LogP contribution in [0.5, 0.6) is 0 Å². The summed E-state index contributed by atoms with van der Waals surface area (Å²) in [4.78, 5) is 36.7. The summed E-state index contributed by atoms with van der Waals surface area (Å²) in [6.07, 6.45) is 3.06. The normalized spacial score (nSPS) is 20.7. The highest BCUT2D eigenvalue weighted by Gasteiger charge is 2.39. The van der Waals surface area contributed by atoms with Crippen LogP contribution in [0.1, 0.15) is 82.2 Å². The van der Waals surface area contributed by atoms with Gasteiger partial charge >= 0.3 is 6.18 Å². The Balaban J connectivity index is 1.47. The van der Waals surface area contributed by atoms with Crippen LogP contribution in [0.2, 0.25) is 0 Å². The van der Waals surface area contributed by atoms with E-state index in [4.69, 9.17) is 0 Å². The van der Waals surface area contributed by atoms with Gasteiger partial charge in [0.15, 0.2) is 5.82 Å². The van der Waals surface area contributed by atoms with Crippen LogP contribution >= 0.6 is 0 Å². The molecule has 0 radical (unpaired) electrons. The molecule has 2 aliphatic carbocycles. The third-order valence-corrected chi connectivity index (χ3v) is 8.50. The van der Waals surface area contributed by atoms with Crippen LogP contribution in [0, 0.1) is 0 Å². The third kappa shape index (κ3) is 7.07. The maximum Gasteiger partial charge on any atom is 0.418 e. The van der Waals surface area contributed by atoms with Crippen molar-refractivity contribution in [2.75, 3.05) is 24.5 Å². The minimum absolute atomic E-state index is 0.0554. The van der Waals surface area contributed by atoms with Crippen LogP contribution in [0.15, 0.2) is 18.3 Å². The molecular weight excluding hydrogens is 561 g/mol. The third-order valence-electron chi connectivity index (χ3n) is 8.50. The minimum Gasteiger partial charge on any atom is -0.353 e. The molecule has 3 aliphatic rings. The second-order valence-corrected chi connectivity index (χ2v) is 11.6. The summed E-state index contributed by atoms with van der Waals surface area (Å²) >= 11 is 0. The van der Waals surface area contributed by atoms with E-state index in [1.54, 1.807) is 4.90 Å². The summed E-state index contributed by atoms with van der Waals surface area (Å²) in [5.74, 6) is -3.35. The summed E-state index contributed by atoms with van der Waals surface area (Å²) in [6, 6.07) is 1.15. The molecule has 2 aromatic heterocycles. The molecule has 9 nitrogen and oxygen atoms in total. The highest BCUT2D eigenvalue weighted by molar-refractivity contribution is 5.80. The lowest BCUT2D eigenvalue weighted by Gasteiger charge is -2.34. The van der Waals surface area contributed by atoms with Gasteiger partial charge in [-0.15, -0.1) is 5.10 Å². The van der Waals surface area contributed by atoms with Crippen molar-refractivity contribution in [3.05, 3.63) is 23.9 Å². The zero-order valence-corrected chi connectivity index (χ0v) is 23.3. The highest BCUT2D eigenvalue weighted by Crippen LogP contribution is 2.39. The fourth-order valence-electron chi connectivity index (χ4n) is 6.06. The van der Waals surface area contributed by atoms with Crippen LogP contribution < -0.4 is 10.2 Å². The van der Waals surface area contributed by atoms with Gasteiger partial charge < -0.3 is 5.32 Å². The molecule has 3 heterocycles. The van der Waals surface area contributed by atoms with Crippen molar-refractivity contribution < 1.29 is 31.5 Å². The van der Waals surface area contributed by atoms with Crippen molar-refractivity contribution in [2.24, 2.45) is 0 Å². The van der Waals surface area contributed by atoms with Crippen molar-refractivity contribution in [3.63, 3.8) is 0 Å². The van der Waals surface area contributed by atoms with Crippen molar-refractivity contribution in [2.45, 2.75) is 101 Å². The molecule has 3 fully saturated rings. The van der Waals surface area contributed by atoms with Gasteiger partial charge in [-0.25, -0.2) is 13.5 Å². The Hall–Kier alpha value is -3.16. The second-order valence-electron chi connectivity index (χ2n) is 11.6. The number of hydrogen-bond acceptors (Lipinski definition) is 6. The lowest BCUT2D eigenvalue weighted by atomic mass is 9.93. The molecule has 5 rings (SSSR count). The number of pyridine rings is 1. The number of anilines is 1. The zero-order valence-electron chi connectivity index (χ0n) is 23.3. The summed E-state index contributed by atoms with van der Waals surface area (Å²) in [6.45, 7) is 0.264. The average Bonchev–Trinajstić information content (AvgIpc) is 3.59. The van der Waals surface area contributed by atoms with Gasteiger partial charge in [0.25, 0.3) is 11.9 Å². The summed E-state index contributed by atoms with van der Waals surface area (Å²) in [5, 5.41) is 7.47. The molecule has 1 N–H and O–H groups in total. The first-order valence-electron chi connectivity index (χ1n) is 14.7. The molecule has 42 heavy (non-hydrogen) atoms. The SMILES string of the molecule is O=CN(c1nc(-c2ncccc2C(F)(F)F)n(C2CCCC2)n1)[C@@H](CCN1CCCC(F)(F)C1)CC(=O)NC1CCC1. The van der Waals surface area contributed by atoms with Gasteiger partial charge in [-0.05, 0) is 63.6 Å². The number of carbonyl (C=O) groups excluding carboxylic acids is 2.